The van der Waals surface area contributed by atoms with Crippen LogP contribution in [0.25, 0.3) is 11.5 Å². The number of aromatic nitrogens is 2. The second-order valence-corrected chi connectivity index (χ2v) is 5.82. The van der Waals surface area contributed by atoms with Gasteiger partial charge in [-0.2, -0.15) is 0 Å². The van der Waals surface area contributed by atoms with Crippen LogP contribution in [0, 0.1) is 0 Å². The highest BCUT2D eigenvalue weighted by atomic mass is 35.5. The monoisotopic (exact) mass is 332 g/mol. The van der Waals surface area contributed by atoms with Crippen LogP contribution in [0.4, 0.5) is 0 Å². The van der Waals surface area contributed by atoms with Crippen LogP contribution in [-0.4, -0.2) is 17.1 Å². The van der Waals surface area contributed by atoms with Crippen molar-refractivity contribution in [2.45, 2.75) is 10.8 Å². The van der Waals surface area contributed by atoms with Crippen molar-refractivity contribution in [2.24, 2.45) is 0 Å². The van der Waals surface area contributed by atoms with Crippen molar-refractivity contribution >= 4 is 23.4 Å². The lowest BCUT2D eigenvalue weighted by Crippen LogP contribution is -1.85. The molecule has 112 valence electrons. The number of rotatable bonds is 5. The highest BCUT2D eigenvalue weighted by Crippen LogP contribution is 2.28. The minimum Gasteiger partial charge on any atom is -0.497 e. The van der Waals surface area contributed by atoms with Crippen LogP contribution in [0.5, 0.6) is 5.75 Å². The lowest BCUT2D eigenvalue weighted by molar-refractivity contribution is 0.415. The van der Waals surface area contributed by atoms with Gasteiger partial charge >= 0.3 is 0 Å². The van der Waals surface area contributed by atoms with Crippen LogP contribution >= 0.6 is 23.4 Å². The van der Waals surface area contributed by atoms with Crippen LogP contribution in [0.3, 0.4) is 0 Å². The molecule has 0 atom stereocenters. The summed E-state index contributed by atoms with van der Waals surface area (Å²) < 4.78 is 10.7. The molecule has 0 saturated heterocycles. The lowest BCUT2D eigenvalue weighted by atomic mass is 10.2. The van der Waals surface area contributed by atoms with Gasteiger partial charge in [0, 0.05) is 17.5 Å². The molecule has 2 aromatic heterocycles. The molecule has 0 aliphatic rings. The topological polar surface area (TPSA) is 48.2 Å². The van der Waals surface area contributed by atoms with Crippen molar-refractivity contribution in [3.63, 3.8) is 0 Å². The maximum Gasteiger partial charge on any atom is 0.226 e. The summed E-state index contributed by atoms with van der Waals surface area (Å²) in [7, 11) is 1.64. The first-order valence-corrected chi connectivity index (χ1v) is 7.95. The molecule has 0 radical (unpaired) electrons. The molecule has 0 amide bonds. The number of hydrogen-bond donors (Lipinski definition) is 0. The van der Waals surface area contributed by atoms with Crippen molar-refractivity contribution in [3.05, 3.63) is 59.6 Å². The maximum atomic E-state index is 6.08. The Hall–Kier alpha value is -1.98. The molecule has 22 heavy (non-hydrogen) atoms. The van der Waals surface area contributed by atoms with E-state index < -0.39 is 0 Å². The first-order valence-electron chi connectivity index (χ1n) is 6.58. The number of hydrogen-bond acceptors (Lipinski definition) is 5. The summed E-state index contributed by atoms with van der Waals surface area (Å²) in [5, 5.41) is 1.43. The van der Waals surface area contributed by atoms with Crippen LogP contribution in [0.2, 0.25) is 5.02 Å². The molecule has 0 fully saturated rings. The second kappa shape index (κ2) is 6.85. The fraction of sp³-hybridized carbons (Fsp3) is 0.125. The Morgan fingerprint density at radius 2 is 2.05 bits per heavy atom. The summed E-state index contributed by atoms with van der Waals surface area (Å²) in [6, 6.07) is 11.2. The molecule has 0 aliphatic carbocycles. The number of pyridine rings is 1. The number of thioether (sulfide) groups is 1. The van der Waals surface area contributed by atoms with Gasteiger partial charge in [0.05, 0.1) is 17.8 Å². The van der Waals surface area contributed by atoms with Crippen LogP contribution in [0.15, 0.2) is 58.3 Å². The van der Waals surface area contributed by atoms with E-state index >= 15 is 0 Å². The lowest BCUT2D eigenvalue weighted by Gasteiger charge is -2.00. The average molecular weight is 333 g/mol. The van der Waals surface area contributed by atoms with Gasteiger partial charge in [-0.15, -0.1) is 0 Å². The molecular formula is C16H13ClN2O2S. The summed E-state index contributed by atoms with van der Waals surface area (Å²) in [4.78, 5) is 8.72. The normalized spacial score (nSPS) is 10.6. The van der Waals surface area contributed by atoms with Crippen molar-refractivity contribution in [3.8, 4) is 17.2 Å². The van der Waals surface area contributed by atoms with E-state index in [1.54, 1.807) is 19.6 Å². The summed E-state index contributed by atoms with van der Waals surface area (Å²) >= 11 is 7.61. The Bertz CT molecular complexity index is 759. The van der Waals surface area contributed by atoms with Crippen molar-refractivity contribution in [1.29, 1.82) is 0 Å². The predicted molar refractivity (Wildman–Crippen MR) is 87.3 cm³/mol. The minimum absolute atomic E-state index is 0.588. The second-order valence-electron chi connectivity index (χ2n) is 4.45. The first kappa shape index (κ1) is 14.9. The van der Waals surface area contributed by atoms with E-state index in [1.807, 2.05) is 36.4 Å². The van der Waals surface area contributed by atoms with Gasteiger partial charge in [0.25, 0.3) is 0 Å². The Morgan fingerprint density at radius 3 is 2.77 bits per heavy atom. The van der Waals surface area contributed by atoms with Crippen molar-refractivity contribution in [1.82, 2.24) is 9.97 Å². The molecule has 3 aromatic rings. The van der Waals surface area contributed by atoms with Gasteiger partial charge in [-0.25, -0.2) is 9.97 Å². The van der Waals surface area contributed by atoms with Crippen molar-refractivity contribution < 1.29 is 9.15 Å². The Labute approximate surface area is 137 Å². The number of ether oxygens (including phenoxy) is 1. The standard InChI is InChI=1S/C16H13ClN2O2S/c1-20-13-6-4-11(5-7-13)15-19-12(9-21-15)10-22-16-14(17)3-2-8-18-16/h2-9H,10H2,1H3. The van der Waals surface area contributed by atoms with Crippen LogP contribution < -0.4 is 4.74 Å². The third kappa shape index (κ3) is 3.43. The third-order valence-electron chi connectivity index (χ3n) is 2.97. The van der Waals surface area contributed by atoms with E-state index in [9.17, 15) is 0 Å². The average Bonchev–Trinajstić information content (AvgIpc) is 3.03. The molecule has 0 aliphatic heterocycles. The molecule has 0 unspecified atom stereocenters. The van der Waals surface area contributed by atoms with Crippen molar-refractivity contribution in [2.75, 3.05) is 7.11 Å². The third-order valence-corrected chi connectivity index (χ3v) is 4.43. The molecular weight excluding hydrogens is 320 g/mol. The summed E-state index contributed by atoms with van der Waals surface area (Å²) in [5.74, 6) is 2.04. The zero-order valence-corrected chi connectivity index (χ0v) is 13.4. The Kier molecular flexibility index (Phi) is 4.65. The highest BCUT2D eigenvalue weighted by molar-refractivity contribution is 7.98. The SMILES string of the molecule is COc1ccc(-c2nc(CSc3ncccc3Cl)co2)cc1. The van der Waals surface area contributed by atoms with E-state index in [0.29, 0.717) is 16.7 Å². The number of halogens is 1. The Balaban J connectivity index is 1.69. The van der Waals surface area contributed by atoms with E-state index in [1.165, 1.54) is 11.8 Å². The molecule has 0 saturated carbocycles. The molecule has 2 heterocycles. The van der Waals surface area contributed by atoms with E-state index in [0.717, 1.165) is 22.0 Å². The van der Waals surface area contributed by atoms with Gasteiger partial charge < -0.3 is 9.15 Å². The molecule has 3 rings (SSSR count). The zero-order chi connectivity index (χ0) is 15.4. The van der Waals surface area contributed by atoms with Gasteiger partial charge in [-0.1, -0.05) is 23.4 Å². The first-order chi connectivity index (χ1) is 10.8. The zero-order valence-electron chi connectivity index (χ0n) is 11.8. The number of methoxy groups -OCH3 is 1. The minimum atomic E-state index is 0.588. The van der Waals surface area contributed by atoms with Gasteiger partial charge in [0.15, 0.2) is 0 Å². The van der Waals surface area contributed by atoms with Crippen LogP contribution in [0.1, 0.15) is 5.69 Å². The summed E-state index contributed by atoms with van der Waals surface area (Å²) in [6.07, 6.45) is 3.38. The van der Waals surface area contributed by atoms with Gasteiger partial charge in [0.1, 0.15) is 17.0 Å². The fourth-order valence-electron chi connectivity index (χ4n) is 1.86. The van der Waals surface area contributed by atoms with E-state index in [-0.39, 0.29) is 0 Å². The molecule has 0 N–H and O–H groups in total. The number of nitrogens with zero attached hydrogens (tertiary/aromatic N) is 2. The van der Waals surface area contributed by atoms with Gasteiger partial charge in [-0.05, 0) is 36.4 Å². The molecule has 6 heteroatoms. The largest absolute Gasteiger partial charge is 0.497 e. The summed E-state index contributed by atoms with van der Waals surface area (Å²) in [5.41, 5.74) is 1.76. The smallest absolute Gasteiger partial charge is 0.226 e. The molecule has 0 spiro atoms. The highest BCUT2D eigenvalue weighted by Gasteiger charge is 2.09. The fourth-order valence-corrected chi connectivity index (χ4v) is 2.90. The van der Waals surface area contributed by atoms with E-state index in [2.05, 4.69) is 9.97 Å². The van der Waals surface area contributed by atoms with Gasteiger partial charge in [-0.3, -0.25) is 0 Å². The summed E-state index contributed by atoms with van der Waals surface area (Å²) in [6.45, 7) is 0. The molecule has 0 bridgehead atoms. The molecule has 4 nitrogen and oxygen atoms in total. The van der Waals surface area contributed by atoms with E-state index in [4.69, 9.17) is 20.8 Å². The van der Waals surface area contributed by atoms with Crippen LogP contribution in [-0.2, 0) is 5.75 Å². The molecule has 1 aromatic carbocycles. The number of oxazole rings is 1. The van der Waals surface area contributed by atoms with Gasteiger partial charge in [0.2, 0.25) is 5.89 Å². The quantitative estimate of drug-likeness (QED) is 0.634. The Morgan fingerprint density at radius 1 is 1.23 bits per heavy atom. The number of benzene rings is 1. The predicted octanol–water partition coefficient (Wildman–Crippen LogP) is 4.69. The maximum absolute atomic E-state index is 6.08.